The molecule has 1 unspecified atom stereocenters. The van der Waals surface area contributed by atoms with Crippen LogP contribution in [0.3, 0.4) is 0 Å². The smallest absolute Gasteiger partial charge is 0.224 e. The number of hydrogen-bond acceptors (Lipinski definition) is 2. The van der Waals surface area contributed by atoms with Crippen molar-refractivity contribution < 1.29 is 4.79 Å². The van der Waals surface area contributed by atoms with Gasteiger partial charge in [-0.2, -0.15) is 5.26 Å². The number of nitriles is 1. The number of carbonyl (C=O) groups is 1. The first-order chi connectivity index (χ1) is 8.77. The van der Waals surface area contributed by atoms with E-state index in [1.54, 1.807) is 0 Å². The lowest BCUT2D eigenvalue weighted by molar-refractivity contribution is -0.127. The topological polar surface area (TPSA) is 44.1 Å². The minimum atomic E-state index is -0.0634. The molecular formula is C15H26N2O. The highest BCUT2D eigenvalue weighted by molar-refractivity contribution is 5.79. The van der Waals surface area contributed by atoms with Crippen LogP contribution >= 0.6 is 0 Å². The second-order valence-corrected chi connectivity index (χ2v) is 5.34. The quantitative estimate of drug-likeness (QED) is 0.588. The number of hydrogen-bond donors (Lipinski definition) is 0. The Bertz CT molecular complexity index is 283. The van der Waals surface area contributed by atoms with Crippen LogP contribution in [0.25, 0.3) is 0 Å². The van der Waals surface area contributed by atoms with Crippen molar-refractivity contribution in [3.63, 3.8) is 0 Å². The highest BCUT2D eigenvalue weighted by atomic mass is 16.2. The van der Waals surface area contributed by atoms with E-state index in [0.29, 0.717) is 13.0 Å². The Morgan fingerprint density at radius 1 is 1.17 bits per heavy atom. The van der Waals surface area contributed by atoms with Gasteiger partial charge in [0, 0.05) is 19.5 Å². The summed E-state index contributed by atoms with van der Waals surface area (Å²) < 4.78 is 0. The second kappa shape index (κ2) is 8.97. The van der Waals surface area contributed by atoms with E-state index in [1.165, 1.54) is 44.9 Å². The van der Waals surface area contributed by atoms with E-state index in [4.69, 9.17) is 5.26 Å². The molecule has 3 nitrogen and oxygen atoms in total. The molecule has 1 saturated heterocycles. The SMILES string of the molecule is CCCCCCCCCCN1CC(C#N)CC1=O. The van der Waals surface area contributed by atoms with Crippen molar-refractivity contribution in [2.24, 2.45) is 5.92 Å². The molecule has 0 radical (unpaired) electrons. The maximum absolute atomic E-state index is 11.6. The van der Waals surface area contributed by atoms with Gasteiger partial charge in [0.05, 0.1) is 12.0 Å². The van der Waals surface area contributed by atoms with Gasteiger partial charge in [0.2, 0.25) is 5.91 Å². The molecule has 18 heavy (non-hydrogen) atoms. The molecule has 1 rings (SSSR count). The van der Waals surface area contributed by atoms with Gasteiger partial charge in [-0.05, 0) is 6.42 Å². The van der Waals surface area contributed by atoms with Crippen LogP contribution in [0, 0.1) is 17.2 Å². The molecule has 1 heterocycles. The third kappa shape index (κ3) is 5.53. The Morgan fingerprint density at radius 3 is 2.33 bits per heavy atom. The first-order valence-electron chi connectivity index (χ1n) is 7.45. The fourth-order valence-corrected chi connectivity index (χ4v) is 2.51. The molecule has 0 bridgehead atoms. The monoisotopic (exact) mass is 250 g/mol. The highest BCUT2D eigenvalue weighted by Crippen LogP contribution is 2.17. The first-order valence-corrected chi connectivity index (χ1v) is 7.45. The van der Waals surface area contributed by atoms with Gasteiger partial charge < -0.3 is 4.90 Å². The van der Waals surface area contributed by atoms with E-state index < -0.39 is 0 Å². The van der Waals surface area contributed by atoms with Crippen LogP contribution in [0.4, 0.5) is 0 Å². The van der Waals surface area contributed by atoms with E-state index >= 15 is 0 Å². The van der Waals surface area contributed by atoms with Crippen LogP contribution in [-0.4, -0.2) is 23.9 Å². The van der Waals surface area contributed by atoms with Crippen LogP contribution in [0.5, 0.6) is 0 Å². The van der Waals surface area contributed by atoms with E-state index in [9.17, 15) is 4.79 Å². The first kappa shape index (κ1) is 15.0. The zero-order valence-corrected chi connectivity index (χ0v) is 11.7. The number of amides is 1. The average Bonchev–Trinajstić information content (AvgIpc) is 2.73. The molecule has 1 fully saturated rings. The maximum Gasteiger partial charge on any atom is 0.224 e. The van der Waals surface area contributed by atoms with Gasteiger partial charge in [0.25, 0.3) is 0 Å². The Morgan fingerprint density at radius 2 is 1.78 bits per heavy atom. The predicted octanol–water partition coefficient (Wildman–Crippen LogP) is 3.50. The van der Waals surface area contributed by atoms with Crippen molar-refractivity contribution in [2.75, 3.05) is 13.1 Å². The summed E-state index contributed by atoms with van der Waals surface area (Å²) >= 11 is 0. The standard InChI is InChI=1S/C15H26N2O/c1-2-3-4-5-6-7-8-9-10-17-13-14(12-16)11-15(17)18/h14H,2-11,13H2,1H3. The van der Waals surface area contributed by atoms with Crippen molar-refractivity contribution >= 4 is 5.91 Å². The third-order valence-electron chi connectivity index (χ3n) is 3.68. The summed E-state index contributed by atoms with van der Waals surface area (Å²) in [4.78, 5) is 13.4. The zero-order valence-electron chi connectivity index (χ0n) is 11.7. The van der Waals surface area contributed by atoms with Gasteiger partial charge in [-0.15, -0.1) is 0 Å². The van der Waals surface area contributed by atoms with E-state index in [2.05, 4.69) is 13.0 Å². The fraction of sp³-hybridized carbons (Fsp3) is 0.867. The van der Waals surface area contributed by atoms with Gasteiger partial charge in [-0.25, -0.2) is 0 Å². The van der Waals surface area contributed by atoms with Crippen LogP contribution < -0.4 is 0 Å². The lowest BCUT2D eigenvalue weighted by atomic mass is 10.1. The third-order valence-corrected chi connectivity index (χ3v) is 3.68. The molecule has 1 amide bonds. The van der Waals surface area contributed by atoms with Crippen molar-refractivity contribution in [3.05, 3.63) is 0 Å². The molecule has 0 aromatic rings. The molecule has 1 aliphatic heterocycles. The molecule has 1 aliphatic rings. The lowest BCUT2D eigenvalue weighted by Crippen LogP contribution is -2.26. The van der Waals surface area contributed by atoms with Gasteiger partial charge in [-0.1, -0.05) is 51.9 Å². The number of rotatable bonds is 9. The summed E-state index contributed by atoms with van der Waals surface area (Å²) in [5, 5.41) is 8.79. The predicted molar refractivity (Wildman–Crippen MR) is 72.9 cm³/mol. The molecule has 0 saturated carbocycles. The zero-order chi connectivity index (χ0) is 13.2. The number of unbranched alkanes of at least 4 members (excludes halogenated alkanes) is 7. The van der Waals surface area contributed by atoms with Gasteiger partial charge in [0.15, 0.2) is 0 Å². The van der Waals surface area contributed by atoms with E-state index in [-0.39, 0.29) is 11.8 Å². The summed E-state index contributed by atoms with van der Waals surface area (Å²) in [6.45, 7) is 3.75. The minimum absolute atomic E-state index is 0.0634. The summed E-state index contributed by atoms with van der Waals surface area (Å²) in [6, 6.07) is 2.19. The lowest BCUT2D eigenvalue weighted by Gasteiger charge is -2.15. The number of nitrogens with zero attached hydrogens (tertiary/aromatic N) is 2. The molecule has 0 N–H and O–H groups in total. The van der Waals surface area contributed by atoms with Crippen LogP contribution in [0.2, 0.25) is 0 Å². The number of carbonyl (C=O) groups excluding carboxylic acids is 1. The Balaban J connectivity index is 1.95. The fourth-order valence-electron chi connectivity index (χ4n) is 2.51. The molecular weight excluding hydrogens is 224 g/mol. The average molecular weight is 250 g/mol. The normalized spacial score (nSPS) is 19.2. The molecule has 1 atom stereocenters. The van der Waals surface area contributed by atoms with Gasteiger partial charge >= 0.3 is 0 Å². The summed E-state index contributed by atoms with van der Waals surface area (Å²) in [7, 11) is 0. The van der Waals surface area contributed by atoms with Crippen molar-refractivity contribution in [1.82, 2.24) is 4.90 Å². The number of likely N-dealkylation sites (tertiary alicyclic amines) is 1. The van der Waals surface area contributed by atoms with Gasteiger partial charge in [-0.3, -0.25) is 4.79 Å². The van der Waals surface area contributed by atoms with Crippen LogP contribution in [0.1, 0.15) is 64.7 Å². The van der Waals surface area contributed by atoms with E-state index in [0.717, 1.165) is 13.0 Å². The summed E-state index contributed by atoms with van der Waals surface area (Å²) in [5.41, 5.74) is 0. The van der Waals surface area contributed by atoms with Crippen molar-refractivity contribution in [2.45, 2.75) is 64.7 Å². The largest absolute Gasteiger partial charge is 0.341 e. The highest BCUT2D eigenvalue weighted by Gasteiger charge is 2.28. The van der Waals surface area contributed by atoms with Crippen molar-refractivity contribution in [3.8, 4) is 6.07 Å². The molecule has 0 aliphatic carbocycles. The molecule has 102 valence electrons. The maximum atomic E-state index is 11.6. The van der Waals surface area contributed by atoms with Crippen molar-refractivity contribution in [1.29, 1.82) is 5.26 Å². The minimum Gasteiger partial charge on any atom is -0.341 e. The molecule has 0 aromatic carbocycles. The second-order valence-electron chi connectivity index (χ2n) is 5.34. The Hall–Kier alpha value is -1.04. The van der Waals surface area contributed by atoms with E-state index in [1.807, 2.05) is 4.90 Å². The Kier molecular flexibility index (Phi) is 7.48. The summed E-state index contributed by atoms with van der Waals surface area (Å²) in [5.74, 6) is 0.107. The summed E-state index contributed by atoms with van der Waals surface area (Å²) in [6.07, 6.45) is 10.7. The molecule has 0 spiro atoms. The molecule has 0 aromatic heterocycles. The van der Waals surface area contributed by atoms with Crippen LogP contribution in [-0.2, 0) is 4.79 Å². The molecule has 3 heteroatoms. The van der Waals surface area contributed by atoms with Gasteiger partial charge in [0.1, 0.15) is 0 Å². The van der Waals surface area contributed by atoms with Crippen LogP contribution in [0.15, 0.2) is 0 Å². The Labute approximate surface area is 111 Å².